The summed E-state index contributed by atoms with van der Waals surface area (Å²) >= 11 is 0. The van der Waals surface area contributed by atoms with Crippen LogP contribution >= 0.6 is 0 Å². The first-order chi connectivity index (χ1) is 9.00. The van der Waals surface area contributed by atoms with E-state index in [1.807, 2.05) is 13.8 Å². The Hall–Kier alpha value is -1.62. The Morgan fingerprint density at radius 3 is 2.58 bits per heavy atom. The van der Waals surface area contributed by atoms with Crippen molar-refractivity contribution in [1.82, 2.24) is 5.32 Å². The fourth-order valence-corrected chi connectivity index (χ4v) is 1.52. The highest BCUT2D eigenvalue weighted by Crippen LogP contribution is 2.15. The van der Waals surface area contributed by atoms with Crippen LogP contribution in [-0.4, -0.2) is 29.8 Å². The van der Waals surface area contributed by atoms with E-state index in [0.29, 0.717) is 12.8 Å². The Bertz CT molecular complexity index is 419. The van der Waals surface area contributed by atoms with Gasteiger partial charge in [0.1, 0.15) is 0 Å². The molecule has 106 valence electrons. The van der Waals surface area contributed by atoms with Crippen LogP contribution in [0.4, 0.5) is 4.39 Å². The van der Waals surface area contributed by atoms with E-state index in [0.717, 1.165) is 0 Å². The quantitative estimate of drug-likeness (QED) is 0.794. The summed E-state index contributed by atoms with van der Waals surface area (Å²) in [6.45, 7) is 3.60. The van der Waals surface area contributed by atoms with Gasteiger partial charge >= 0.3 is 0 Å². The van der Waals surface area contributed by atoms with Crippen LogP contribution in [0.5, 0.6) is 5.75 Å². The SMILES string of the molecule is CCC(O)(CC)CNC(=O)COc1ccccc1F. The highest BCUT2D eigenvalue weighted by molar-refractivity contribution is 5.77. The topological polar surface area (TPSA) is 58.6 Å². The summed E-state index contributed by atoms with van der Waals surface area (Å²) in [5.41, 5.74) is -0.895. The summed E-state index contributed by atoms with van der Waals surface area (Å²) < 4.78 is 18.3. The van der Waals surface area contributed by atoms with Crippen molar-refractivity contribution in [1.29, 1.82) is 0 Å². The van der Waals surface area contributed by atoms with Gasteiger partial charge in [0.15, 0.2) is 18.2 Å². The number of benzene rings is 1. The Kier molecular flexibility index (Phi) is 5.76. The zero-order valence-electron chi connectivity index (χ0n) is 11.3. The van der Waals surface area contributed by atoms with Gasteiger partial charge in [-0.1, -0.05) is 26.0 Å². The first-order valence-corrected chi connectivity index (χ1v) is 6.37. The van der Waals surface area contributed by atoms with Crippen molar-refractivity contribution in [3.05, 3.63) is 30.1 Å². The molecule has 0 radical (unpaired) electrons. The summed E-state index contributed by atoms with van der Waals surface area (Å²) in [4.78, 5) is 11.5. The normalized spacial score (nSPS) is 11.2. The third kappa shape index (κ3) is 4.87. The van der Waals surface area contributed by atoms with Gasteiger partial charge in [0.25, 0.3) is 5.91 Å². The number of ether oxygens (including phenoxy) is 1. The van der Waals surface area contributed by atoms with Gasteiger partial charge in [-0.25, -0.2) is 4.39 Å². The Balaban J connectivity index is 2.39. The van der Waals surface area contributed by atoms with Crippen molar-refractivity contribution in [2.45, 2.75) is 32.3 Å². The number of nitrogens with one attached hydrogen (secondary N) is 1. The summed E-state index contributed by atoms with van der Waals surface area (Å²) in [5.74, 6) is -0.851. The van der Waals surface area contributed by atoms with Crippen molar-refractivity contribution >= 4 is 5.91 Å². The molecule has 0 aliphatic carbocycles. The highest BCUT2D eigenvalue weighted by atomic mass is 19.1. The average Bonchev–Trinajstić information content (AvgIpc) is 2.44. The van der Waals surface area contributed by atoms with Crippen LogP contribution in [0.1, 0.15) is 26.7 Å². The van der Waals surface area contributed by atoms with Crippen LogP contribution < -0.4 is 10.1 Å². The second-order valence-corrected chi connectivity index (χ2v) is 4.43. The lowest BCUT2D eigenvalue weighted by Crippen LogP contribution is -2.43. The summed E-state index contributed by atoms with van der Waals surface area (Å²) in [6, 6.07) is 5.89. The number of para-hydroxylation sites is 1. The van der Waals surface area contributed by atoms with E-state index < -0.39 is 11.4 Å². The molecule has 1 aromatic rings. The van der Waals surface area contributed by atoms with Crippen LogP contribution in [-0.2, 0) is 4.79 Å². The van der Waals surface area contributed by atoms with Gasteiger partial charge in [0.05, 0.1) is 5.60 Å². The molecule has 5 heteroatoms. The molecule has 0 heterocycles. The van der Waals surface area contributed by atoms with Crippen molar-refractivity contribution in [3.8, 4) is 5.75 Å². The maximum absolute atomic E-state index is 13.2. The third-order valence-corrected chi connectivity index (χ3v) is 3.13. The molecular weight excluding hydrogens is 249 g/mol. The summed E-state index contributed by atoms with van der Waals surface area (Å²) in [5, 5.41) is 12.6. The van der Waals surface area contributed by atoms with E-state index >= 15 is 0 Å². The average molecular weight is 269 g/mol. The monoisotopic (exact) mass is 269 g/mol. The van der Waals surface area contributed by atoms with Gasteiger partial charge in [-0.3, -0.25) is 4.79 Å². The molecule has 4 nitrogen and oxygen atoms in total. The molecule has 0 atom stereocenters. The summed E-state index contributed by atoms with van der Waals surface area (Å²) in [6.07, 6.45) is 1.11. The predicted molar refractivity (Wildman–Crippen MR) is 70.4 cm³/mol. The Morgan fingerprint density at radius 2 is 2.00 bits per heavy atom. The smallest absolute Gasteiger partial charge is 0.258 e. The maximum atomic E-state index is 13.2. The number of hydrogen-bond donors (Lipinski definition) is 2. The van der Waals surface area contributed by atoms with E-state index in [-0.39, 0.29) is 24.8 Å². The van der Waals surface area contributed by atoms with Crippen LogP contribution in [0.15, 0.2) is 24.3 Å². The summed E-state index contributed by atoms with van der Waals surface area (Å²) in [7, 11) is 0. The van der Waals surface area contributed by atoms with E-state index in [4.69, 9.17) is 4.74 Å². The molecular formula is C14H20FNO3. The minimum atomic E-state index is -0.895. The van der Waals surface area contributed by atoms with Crippen molar-refractivity contribution in [2.24, 2.45) is 0 Å². The van der Waals surface area contributed by atoms with Crippen LogP contribution in [0.3, 0.4) is 0 Å². The van der Waals surface area contributed by atoms with Crippen molar-refractivity contribution in [2.75, 3.05) is 13.2 Å². The van der Waals surface area contributed by atoms with Gasteiger partial charge in [0, 0.05) is 6.54 Å². The second-order valence-electron chi connectivity index (χ2n) is 4.43. The first-order valence-electron chi connectivity index (χ1n) is 6.37. The Labute approximate surface area is 112 Å². The van der Waals surface area contributed by atoms with Crippen molar-refractivity contribution in [3.63, 3.8) is 0 Å². The van der Waals surface area contributed by atoms with E-state index in [2.05, 4.69) is 5.32 Å². The lowest BCUT2D eigenvalue weighted by atomic mass is 9.98. The molecule has 19 heavy (non-hydrogen) atoms. The Morgan fingerprint density at radius 1 is 1.37 bits per heavy atom. The van der Waals surface area contributed by atoms with E-state index in [9.17, 15) is 14.3 Å². The lowest BCUT2D eigenvalue weighted by molar-refractivity contribution is -0.124. The molecule has 0 bridgehead atoms. The number of amides is 1. The molecule has 1 amide bonds. The molecule has 0 aliphatic rings. The van der Waals surface area contributed by atoms with Crippen LogP contribution in [0, 0.1) is 5.82 Å². The van der Waals surface area contributed by atoms with Gasteiger partial charge in [-0.2, -0.15) is 0 Å². The van der Waals surface area contributed by atoms with Crippen LogP contribution in [0.25, 0.3) is 0 Å². The number of carbonyl (C=O) groups is 1. The minimum Gasteiger partial charge on any atom is -0.481 e. The molecule has 0 aromatic heterocycles. The number of aliphatic hydroxyl groups is 1. The fraction of sp³-hybridized carbons (Fsp3) is 0.500. The zero-order chi connectivity index (χ0) is 14.3. The molecule has 1 rings (SSSR count). The van der Waals surface area contributed by atoms with Crippen LogP contribution in [0.2, 0.25) is 0 Å². The maximum Gasteiger partial charge on any atom is 0.258 e. The fourth-order valence-electron chi connectivity index (χ4n) is 1.52. The van der Waals surface area contributed by atoms with Gasteiger partial charge in [-0.05, 0) is 25.0 Å². The number of rotatable bonds is 7. The molecule has 0 unspecified atom stereocenters. The molecule has 0 saturated heterocycles. The first kappa shape index (κ1) is 15.4. The minimum absolute atomic E-state index is 0.0406. The van der Waals surface area contributed by atoms with Gasteiger partial charge in [-0.15, -0.1) is 0 Å². The largest absolute Gasteiger partial charge is 0.481 e. The second kappa shape index (κ2) is 7.09. The molecule has 0 aliphatic heterocycles. The molecule has 2 N–H and O–H groups in total. The van der Waals surface area contributed by atoms with E-state index in [1.165, 1.54) is 12.1 Å². The lowest BCUT2D eigenvalue weighted by Gasteiger charge is -2.25. The molecule has 0 saturated carbocycles. The zero-order valence-corrected chi connectivity index (χ0v) is 11.3. The molecule has 0 fully saturated rings. The van der Waals surface area contributed by atoms with Gasteiger partial charge < -0.3 is 15.2 Å². The molecule has 0 spiro atoms. The van der Waals surface area contributed by atoms with E-state index in [1.54, 1.807) is 12.1 Å². The van der Waals surface area contributed by atoms with Gasteiger partial charge in [0.2, 0.25) is 0 Å². The number of hydrogen-bond acceptors (Lipinski definition) is 3. The van der Waals surface area contributed by atoms with Crippen molar-refractivity contribution < 1.29 is 19.0 Å². The number of halogens is 1. The molecule has 1 aromatic carbocycles. The predicted octanol–water partition coefficient (Wildman–Crippen LogP) is 1.87. The highest BCUT2D eigenvalue weighted by Gasteiger charge is 2.22. The number of carbonyl (C=O) groups excluding carboxylic acids is 1. The third-order valence-electron chi connectivity index (χ3n) is 3.13. The standard InChI is InChI=1S/C14H20FNO3/c1-3-14(18,4-2)10-16-13(17)9-19-12-8-6-5-7-11(12)15/h5-8,18H,3-4,9-10H2,1-2H3,(H,16,17).